The van der Waals surface area contributed by atoms with Gasteiger partial charge in [-0.25, -0.2) is 0 Å². The molecule has 0 aromatic heterocycles. The van der Waals surface area contributed by atoms with Crippen molar-refractivity contribution in [2.24, 2.45) is 0 Å². The van der Waals surface area contributed by atoms with Crippen molar-refractivity contribution < 1.29 is 0 Å². The van der Waals surface area contributed by atoms with Gasteiger partial charge in [0, 0.05) is 49.9 Å². The van der Waals surface area contributed by atoms with Crippen LogP contribution in [0, 0.1) is 0 Å². The standard InChI is InChI=1S/C31H39N3S.C3H6.C2H4/c1-28-25-33(30-17-9-5-10-18-30)23-13-21-32(27-29-15-7-4-8-16-29)22-14-24-34(26-28)35(2,3)31-19-11-6-12-20-31;1-3-2;1-2/h4-12,15-20H,1-3,13-14,21-27H2;3H,1H2,2H3;1-2H2. The SMILES string of the molecule is C=C.C=C1CN(c2ccccc2)CCCN(Cc2ccccc2)CCCN(S(=C)(=C)c2ccccc2)C1.C=CC. The lowest BCUT2D eigenvalue weighted by Crippen LogP contribution is -2.36. The van der Waals surface area contributed by atoms with E-state index >= 15 is 0 Å². The smallest absolute Gasteiger partial charge is 0.0399 e. The van der Waals surface area contributed by atoms with Crippen LogP contribution in [0.1, 0.15) is 25.3 Å². The summed E-state index contributed by atoms with van der Waals surface area (Å²) in [5.41, 5.74) is 3.86. The maximum atomic E-state index is 4.66. The Labute approximate surface area is 245 Å². The average molecular weight is 556 g/mol. The largest absolute Gasteiger partial charge is 0.367 e. The zero-order chi connectivity index (χ0) is 29.2. The van der Waals surface area contributed by atoms with Gasteiger partial charge in [0.05, 0.1) is 0 Å². The van der Waals surface area contributed by atoms with Crippen molar-refractivity contribution in [1.29, 1.82) is 0 Å². The van der Waals surface area contributed by atoms with Crippen LogP contribution < -0.4 is 4.90 Å². The second kappa shape index (κ2) is 18.1. The van der Waals surface area contributed by atoms with Gasteiger partial charge in [0.15, 0.2) is 0 Å². The van der Waals surface area contributed by atoms with Crippen LogP contribution in [-0.2, 0) is 6.54 Å². The first kappa shape index (κ1) is 32.9. The highest BCUT2D eigenvalue weighted by Crippen LogP contribution is 2.36. The number of hydrogen-bond donors (Lipinski definition) is 0. The monoisotopic (exact) mass is 555 g/mol. The molecule has 4 heteroatoms. The Morgan fingerprint density at radius 3 is 1.80 bits per heavy atom. The number of benzene rings is 3. The molecule has 0 radical (unpaired) electrons. The second-order valence-corrected chi connectivity index (χ2v) is 12.6. The first-order chi connectivity index (χ1) is 19.4. The number of allylic oxidation sites excluding steroid dienone is 1. The van der Waals surface area contributed by atoms with Crippen LogP contribution in [0.5, 0.6) is 0 Å². The Hall–Kier alpha value is -3.31. The van der Waals surface area contributed by atoms with E-state index in [4.69, 9.17) is 0 Å². The lowest BCUT2D eigenvalue weighted by Gasteiger charge is -2.35. The fourth-order valence-electron chi connectivity index (χ4n) is 4.78. The third-order valence-electron chi connectivity index (χ3n) is 6.65. The molecule has 1 heterocycles. The van der Waals surface area contributed by atoms with Gasteiger partial charge in [-0.15, -0.1) is 29.1 Å². The van der Waals surface area contributed by atoms with Crippen molar-refractivity contribution in [2.75, 3.05) is 44.2 Å². The molecule has 40 heavy (non-hydrogen) atoms. The van der Waals surface area contributed by atoms with Crippen molar-refractivity contribution in [2.45, 2.75) is 31.2 Å². The maximum Gasteiger partial charge on any atom is 0.0399 e. The van der Waals surface area contributed by atoms with E-state index in [0.29, 0.717) is 0 Å². The molecule has 214 valence electrons. The van der Waals surface area contributed by atoms with Crippen LogP contribution in [-0.4, -0.2) is 60.2 Å². The lowest BCUT2D eigenvalue weighted by atomic mass is 10.1. The summed E-state index contributed by atoms with van der Waals surface area (Å²) in [6, 6.07) is 32.2. The summed E-state index contributed by atoms with van der Waals surface area (Å²) in [7, 11) is -1.61. The van der Waals surface area contributed by atoms with E-state index in [-0.39, 0.29) is 0 Å². The van der Waals surface area contributed by atoms with Crippen LogP contribution >= 0.6 is 9.39 Å². The summed E-state index contributed by atoms with van der Waals surface area (Å²) in [4.78, 5) is 6.31. The van der Waals surface area contributed by atoms with Gasteiger partial charge in [0.2, 0.25) is 0 Å². The summed E-state index contributed by atoms with van der Waals surface area (Å²) in [6.07, 6.45) is 3.97. The third kappa shape index (κ3) is 10.7. The van der Waals surface area contributed by atoms with Crippen LogP contribution in [0.3, 0.4) is 0 Å². The van der Waals surface area contributed by atoms with Gasteiger partial charge in [-0.2, -0.15) is 0 Å². The van der Waals surface area contributed by atoms with Crippen molar-refractivity contribution >= 4 is 26.8 Å². The quantitative estimate of drug-likeness (QED) is 0.232. The zero-order valence-electron chi connectivity index (χ0n) is 24.6. The van der Waals surface area contributed by atoms with E-state index in [2.05, 4.69) is 143 Å². The molecule has 1 aliphatic heterocycles. The highest BCUT2D eigenvalue weighted by Gasteiger charge is 2.18. The molecular formula is C36H49N3S. The number of nitrogens with zero attached hydrogens (tertiary/aromatic N) is 3. The summed E-state index contributed by atoms with van der Waals surface area (Å²) in [5, 5.41) is 0. The minimum Gasteiger partial charge on any atom is -0.367 e. The molecule has 3 aromatic carbocycles. The molecule has 0 N–H and O–H groups in total. The number of rotatable bonds is 5. The van der Waals surface area contributed by atoms with E-state index < -0.39 is 9.39 Å². The molecule has 0 unspecified atom stereocenters. The molecule has 0 saturated carbocycles. The van der Waals surface area contributed by atoms with E-state index in [9.17, 15) is 0 Å². The van der Waals surface area contributed by atoms with Gasteiger partial charge in [-0.1, -0.05) is 91.1 Å². The van der Waals surface area contributed by atoms with Gasteiger partial charge in [0.1, 0.15) is 0 Å². The summed E-state index contributed by atoms with van der Waals surface area (Å²) in [5.74, 6) is 9.32. The second-order valence-electron chi connectivity index (χ2n) is 9.90. The van der Waals surface area contributed by atoms with Crippen molar-refractivity contribution in [3.8, 4) is 0 Å². The lowest BCUT2D eigenvalue weighted by molar-refractivity contribution is 0.251. The Kier molecular flexibility index (Phi) is 14.9. The van der Waals surface area contributed by atoms with Gasteiger partial charge < -0.3 is 4.90 Å². The Bertz CT molecular complexity index is 1220. The van der Waals surface area contributed by atoms with Crippen molar-refractivity contribution in [3.05, 3.63) is 135 Å². The molecule has 0 amide bonds. The molecule has 0 spiro atoms. The van der Waals surface area contributed by atoms with Gasteiger partial charge in [-0.05, 0) is 61.7 Å². The Morgan fingerprint density at radius 2 is 1.23 bits per heavy atom. The van der Waals surface area contributed by atoms with Gasteiger partial charge in [0.25, 0.3) is 0 Å². The highest BCUT2D eigenvalue weighted by atomic mass is 32.2. The van der Waals surface area contributed by atoms with Gasteiger partial charge >= 0.3 is 0 Å². The van der Waals surface area contributed by atoms with Gasteiger partial charge in [-0.3, -0.25) is 9.21 Å². The van der Waals surface area contributed by atoms with Crippen LogP contribution in [0.25, 0.3) is 0 Å². The predicted molar refractivity (Wildman–Crippen MR) is 184 cm³/mol. The zero-order valence-corrected chi connectivity index (χ0v) is 25.4. The normalized spacial score (nSPS) is 15.7. The fraction of sp³-hybridized carbons (Fsp3) is 0.278. The number of hydrogen-bond acceptors (Lipinski definition) is 3. The molecule has 3 nitrogen and oxygen atoms in total. The van der Waals surface area contributed by atoms with E-state index in [1.807, 2.05) is 6.92 Å². The van der Waals surface area contributed by atoms with E-state index in [1.165, 1.54) is 21.7 Å². The topological polar surface area (TPSA) is 9.72 Å². The summed E-state index contributed by atoms with van der Waals surface area (Å²) >= 11 is 0. The average Bonchev–Trinajstić information content (AvgIpc) is 2.98. The highest BCUT2D eigenvalue weighted by molar-refractivity contribution is 8.25. The molecule has 0 atom stereocenters. The fourth-order valence-corrected chi connectivity index (χ4v) is 6.65. The first-order valence-corrected chi connectivity index (χ1v) is 16.0. The molecule has 0 aliphatic carbocycles. The molecular weight excluding hydrogens is 506 g/mol. The molecule has 1 aliphatic rings. The number of para-hydroxylation sites is 1. The summed E-state index contributed by atoms with van der Waals surface area (Å²) in [6.45, 7) is 22.5. The van der Waals surface area contributed by atoms with Crippen LogP contribution in [0.15, 0.2) is 134 Å². The number of anilines is 1. The predicted octanol–water partition coefficient (Wildman–Crippen LogP) is 8.28. The maximum absolute atomic E-state index is 4.66. The minimum absolute atomic E-state index is 0.819. The van der Waals surface area contributed by atoms with E-state index in [0.717, 1.165) is 58.7 Å². The Morgan fingerprint density at radius 1 is 0.725 bits per heavy atom. The Balaban J connectivity index is 0.00000105. The molecule has 0 bridgehead atoms. The van der Waals surface area contributed by atoms with Crippen LogP contribution in [0.4, 0.5) is 5.69 Å². The van der Waals surface area contributed by atoms with E-state index in [1.54, 1.807) is 6.08 Å². The molecule has 3 aromatic rings. The summed E-state index contributed by atoms with van der Waals surface area (Å²) < 4.78 is 2.50. The van der Waals surface area contributed by atoms with Crippen LogP contribution in [0.2, 0.25) is 0 Å². The molecule has 1 fully saturated rings. The first-order valence-electron chi connectivity index (χ1n) is 14.0. The van der Waals surface area contributed by atoms with Crippen molar-refractivity contribution in [1.82, 2.24) is 9.21 Å². The molecule has 1 saturated heterocycles. The molecule has 4 rings (SSSR count). The van der Waals surface area contributed by atoms with Crippen molar-refractivity contribution in [3.63, 3.8) is 0 Å². The minimum atomic E-state index is -1.61. The third-order valence-corrected chi connectivity index (χ3v) is 9.10.